The van der Waals surface area contributed by atoms with Gasteiger partial charge < -0.3 is 10.2 Å². The maximum Gasteiger partial charge on any atom is 0.306 e. The maximum absolute atomic E-state index is 11.5. The molecule has 4 rings (SSSR count). The molecule has 1 atom stereocenters. The summed E-state index contributed by atoms with van der Waals surface area (Å²) in [5.41, 5.74) is 5.42. The Kier molecular flexibility index (Phi) is 3.89. The Labute approximate surface area is 152 Å². The molecule has 1 unspecified atom stereocenters. The standard InChI is InChI=1S/C23H20O3/c1-15-5-4-7-18(11-15)23(26,14-22(24)25)19-9-10-21-17(13-19)12-16-6-2-3-8-20(16)21/h2-11,13,26H,12,14H2,1H3,(H,24,25). The summed E-state index contributed by atoms with van der Waals surface area (Å²) < 4.78 is 0. The van der Waals surface area contributed by atoms with Gasteiger partial charge in [0.2, 0.25) is 0 Å². The zero-order valence-electron chi connectivity index (χ0n) is 14.6. The van der Waals surface area contributed by atoms with E-state index in [0.717, 1.165) is 23.1 Å². The van der Waals surface area contributed by atoms with Gasteiger partial charge in [0.05, 0.1) is 6.42 Å². The fourth-order valence-corrected chi connectivity index (χ4v) is 3.89. The van der Waals surface area contributed by atoms with Gasteiger partial charge >= 0.3 is 5.97 Å². The van der Waals surface area contributed by atoms with E-state index in [1.165, 1.54) is 11.1 Å². The Balaban J connectivity index is 1.83. The molecule has 3 nitrogen and oxygen atoms in total. The molecule has 0 bridgehead atoms. The Bertz CT molecular complexity index is 1010. The largest absolute Gasteiger partial charge is 0.481 e. The molecule has 0 saturated heterocycles. The number of benzene rings is 3. The Morgan fingerprint density at radius 1 is 0.923 bits per heavy atom. The monoisotopic (exact) mass is 344 g/mol. The lowest BCUT2D eigenvalue weighted by Gasteiger charge is -2.28. The van der Waals surface area contributed by atoms with Crippen LogP contribution < -0.4 is 0 Å². The van der Waals surface area contributed by atoms with Crippen molar-refractivity contribution < 1.29 is 15.0 Å². The number of carboxylic acid groups (broad SMARTS) is 1. The molecule has 2 N–H and O–H groups in total. The van der Waals surface area contributed by atoms with Gasteiger partial charge in [0.1, 0.15) is 5.60 Å². The quantitative estimate of drug-likeness (QED) is 0.581. The van der Waals surface area contributed by atoms with Crippen LogP contribution >= 0.6 is 0 Å². The van der Waals surface area contributed by atoms with Crippen molar-refractivity contribution in [3.05, 3.63) is 94.5 Å². The SMILES string of the molecule is Cc1cccc(C(O)(CC(=O)O)c2ccc3c(c2)Cc2ccccc2-3)c1. The maximum atomic E-state index is 11.5. The first kappa shape index (κ1) is 16.6. The van der Waals surface area contributed by atoms with Gasteiger partial charge in [-0.15, -0.1) is 0 Å². The van der Waals surface area contributed by atoms with E-state index < -0.39 is 11.6 Å². The van der Waals surface area contributed by atoms with Crippen LogP contribution in [0.5, 0.6) is 0 Å². The molecule has 0 spiro atoms. The number of hydrogen-bond donors (Lipinski definition) is 2. The second kappa shape index (κ2) is 6.11. The first-order chi connectivity index (χ1) is 12.5. The highest BCUT2D eigenvalue weighted by Gasteiger charge is 2.35. The summed E-state index contributed by atoms with van der Waals surface area (Å²) in [6, 6.07) is 21.5. The van der Waals surface area contributed by atoms with Crippen molar-refractivity contribution in [3.63, 3.8) is 0 Å². The van der Waals surface area contributed by atoms with Gasteiger partial charge in [-0.2, -0.15) is 0 Å². The molecule has 0 amide bonds. The molecule has 3 aromatic carbocycles. The topological polar surface area (TPSA) is 57.5 Å². The normalized spacial score (nSPS) is 14.4. The van der Waals surface area contributed by atoms with Gasteiger partial charge in [0.15, 0.2) is 0 Å². The highest BCUT2D eigenvalue weighted by Crippen LogP contribution is 2.40. The minimum atomic E-state index is -1.55. The van der Waals surface area contributed by atoms with E-state index in [4.69, 9.17) is 0 Å². The fraction of sp³-hybridized carbons (Fsp3) is 0.174. The van der Waals surface area contributed by atoms with Gasteiger partial charge in [-0.05, 0) is 46.7 Å². The highest BCUT2D eigenvalue weighted by molar-refractivity contribution is 5.77. The van der Waals surface area contributed by atoms with Gasteiger partial charge in [0, 0.05) is 0 Å². The number of fused-ring (bicyclic) bond motifs is 3. The van der Waals surface area contributed by atoms with Crippen molar-refractivity contribution in [1.82, 2.24) is 0 Å². The average Bonchev–Trinajstić information content (AvgIpc) is 2.99. The van der Waals surface area contributed by atoms with Crippen LogP contribution in [0.2, 0.25) is 0 Å². The summed E-state index contributed by atoms with van der Waals surface area (Å²) in [5.74, 6) is -1.03. The molecule has 0 radical (unpaired) electrons. The molecular weight excluding hydrogens is 324 g/mol. The summed E-state index contributed by atoms with van der Waals surface area (Å²) in [6.07, 6.45) is 0.429. The van der Waals surface area contributed by atoms with Gasteiger partial charge in [0.25, 0.3) is 0 Å². The first-order valence-electron chi connectivity index (χ1n) is 8.70. The summed E-state index contributed by atoms with van der Waals surface area (Å²) >= 11 is 0. The molecule has 3 aromatic rings. The minimum Gasteiger partial charge on any atom is -0.481 e. The molecule has 3 heteroatoms. The number of hydrogen-bond acceptors (Lipinski definition) is 2. The predicted molar refractivity (Wildman–Crippen MR) is 101 cm³/mol. The molecular formula is C23H20O3. The predicted octanol–water partition coefficient (Wildman–Crippen LogP) is 4.28. The number of aliphatic carboxylic acids is 1. The summed E-state index contributed by atoms with van der Waals surface area (Å²) in [6.45, 7) is 1.93. The summed E-state index contributed by atoms with van der Waals surface area (Å²) in [7, 11) is 0. The second-order valence-corrected chi connectivity index (χ2v) is 7.01. The zero-order valence-corrected chi connectivity index (χ0v) is 14.6. The molecule has 130 valence electrons. The smallest absolute Gasteiger partial charge is 0.306 e. The number of aliphatic hydroxyl groups is 1. The van der Waals surface area contributed by atoms with Crippen molar-refractivity contribution in [2.45, 2.75) is 25.4 Å². The van der Waals surface area contributed by atoms with Crippen LogP contribution in [0.15, 0.2) is 66.7 Å². The Morgan fingerprint density at radius 2 is 1.65 bits per heavy atom. The van der Waals surface area contributed by atoms with E-state index in [1.807, 2.05) is 55.5 Å². The lowest BCUT2D eigenvalue weighted by molar-refractivity contribution is -0.141. The van der Waals surface area contributed by atoms with Gasteiger partial charge in [-0.3, -0.25) is 4.79 Å². The summed E-state index contributed by atoms with van der Waals surface area (Å²) in [5, 5.41) is 20.8. The molecule has 0 saturated carbocycles. The van der Waals surface area contributed by atoms with E-state index in [9.17, 15) is 15.0 Å². The van der Waals surface area contributed by atoms with Crippen LogP contribution in [0.3, 0.4) is 0 Å². The highest BCUT2D eigenvalue weighted by atomic mass is 16.4. The van der Waals surface area contributed by atoms with Crippen LogP contribution in [0.1, 0.15) is 34.2 Å². The van der Waals surface area contributed by atoms with E-state index in [0.29, 0.717) is 11.1 Å². The number of aryl methyl sites for hydroxylation is 1. The number of rotatable bonds is 4. The summed E-state index contributed by atoms with van der Waals surface area (Å²) in [4.78, 5) is 11.5. The van der Waals surface area contributed by atoms with E-state index in [-0.39, 0.29) is 6.42 Å². The molecule has 0 aliphatic heterocycles. The third-order valence-corrected chi connectivity index (χ3v) is 5.17. The molecule has 0 aromatic heterocycles. The van der Waals surface area contributed by atoms with E-state index >= 15 is 0 Å². The Morgan fingerprint density at radius 3 is 2.42 bits per heavy atom. The third-order valence-electron chi connectivity index (χ3n) is 5.17. The molecule has 0 fully saturated rings. The average molecular weight is 344 g/mol. The fourth-order valence-electron chi connectivity index (χ4n) is 3.89. The van der Waals surface area contributed by atoms with Crippen LogP contribution in [-0.2, 0) is 16.8 Å². The van der Waals surface area contributed by atoms with E-state index in [1.54, 1.807) is 6.07 Å². The molecule has 0 heterocycles. The second-order valence-electron chi connectivity index (χ2n) is 7.01. The van der Waals surface area contributed by atoms with Crippen molar-refractivity contribution in [2.75, 3.05) is 0 Å². The van der Waals surface area contributed by atoms with Crippen LogP contribution in [0, 0.1) is 6.92 Å². The number of carboxylic acids is 1. The van der Waals surface area contributed by atoms with E-state index in [2.05, 4.69) is 12.1 Å². The van der Waals surface area contributed by atoms with Crippen molar-refractivity contribution in [3.8, 4) is 11.1 Å². The molecule has 26 heavy (non-hydrogen) atoms. The third kappa shape index (κ3) is 2.71. The minimum absolute atomic E-state index is 0.373. The first-order valence-corrected chi connectivity index (χ1v) is 8.70. The lowest BCUT2D eigenvalue weighted by Crippen LogP contribution is -2.30. The number of carbonyl (C=O) groups is 1. The van der Waals surface area contributed by atoms with Crippen molar-refractivity contribution in [2.24, 2.45) is 0 Å². The van der Waals surface area contributed by atoms with Gasteiger partial charge in [-0.1, -0.05) is 72.3 Å². The van der Waals surface area contributed by atoms with Crippen LogP contribution in [0.4, 0.5) is 0 Å². The van der Waals surface area contributed by atoms with Crippen molar-refractivity contribution in [1.29, 1.82) is 0 Å². The van der Waals surface area contributed by atoms with Crippen molar-refractivity contribution >= 4 is 5.97 Å². The van der Waals surface area contributed by atoms with Crippen LogP contribution in [-0.4, -0.2) is 16.2 Å². The molecule has 1 aliphatic rings. The Hall–Kier alpha value is -2.91. The lowest BCUT2D eigenvalue weighted by atomic mass is 9.82. The van der Waals surface area contributed by atoms with Crippen LogP contribution in [0.25, 0.3) is 11.1 Å². The van der Waals surface area contributed by atoms with Gasteiger partial charge in [-0.25, -0.2) is 0 Å². The zero-order chi connectivity index (χ0) is 18.3. The molecule has 1 aliphatic carbocycles.